The molecule has 206 valence electrons. The molecule has 0 saturated carbocycles. The Bertz CT molecular complexity index is 1990. The maximum absolute atomic E-state index is 14.3. The number of hydrogen-bond acceptors (Lipinski definition) is 8. The highest BCUT2D eigenvalue weighted by Gasteiger charge is 2.26. The number of nitrogen functional groups attached to an aromatic ring is 1. The van der Waals surface area contributed by atoms with Gasteiger partial charge in [-0.2, -0.15) is 5.10 Å². The maximum Gasteiger partial charge on any atom is 0.266 e. The normalized spacial score (nSPS) is 12.3. The summed E-state index contributed by atoms with van der Waals surface area (Å²) in [5.74, 6) is -0.476. The molecule has 0 spiro atoms. The van der Waals surface area contributed by atoms with Gasteiger partial charge in [-0.3, -0.25) is 9.20 Å². The minimum Gasteiger partial charge on any atom is -0.475 e. The van der Waals surface area contributed by atoms with Crippen molar-refractivity contribution in [2.24, 2.45) is 0 Å². The number of hydrogen-bond donors (Lipinski definition) is 1. The molecule has 0 aliphatic rings. The number of nitrogens with zero attached hydrogens (tertiary/aromatic N) is 7. The molecule has 0 fully saturated rings. The smallest absolute Gasteiger partial charge is 0.266 e. The molecule has 5 aromatic heterocycles. The number of aromatic nitrogens is 7. The Morgan fingerprint density at radius 2 is 1.78 bits per heavy atom. The molecule has 1 atom stereocenters. The summed E-state index contributed by atoms with van der Waals surface area (Å²) < 4.78 is 36.8. The van der Waals surface area contributed by atoms with Crippen LogP contribution in [0.3, 0.4) is 0 Å². The van der Waals surface area contributed by atoms with E-state index in [1.807, 2.05) is 13.8 Å². The second kappa shape index (κ2) is 10.0. The quantitative estimate of drug-likeness (QED) is 0.311. The van der Waals surface area contributed by atoms with Gasteiger partial charge in [0.2, 0.25) is 5.88 Å². The molecule has 1 aromatic carbocycles. The van der Waals surface area contributed by atoms with Crippen molar-refractivity contribution in [1.29, 1.82) is 0 Å². The monoisotopic (exact) mass is 554 g/mol. The van der Waals surface area contributed by atoms with E-state index in [1.54, 1.807) is 36.0 Å². The molecule has 0 saturated heterocycles. The molecule has 10 nitrogen and oxygen atoms in total. The number of rotatable bonds is 6. The first-order valence-corrected chi connectivity index (χ1v) is 12.8. The number of benzene rings is 1. The number of pyridine rings is 2. The van der Waals surface area contributed by atoms with Crippen LogP contribution >= 0.6 is 0 Å². The van der Waals surface area contributed by atoms with E-state index in [0.29, 0.717) is 39.4 Å². The van der Waals surface area contributed by atoms with Crippen LogP contribution in [-0.4, -0.2) is 40.2 Å². The lowest BCUT2D eigenvalue weighted by molar-refractivity contribution is 0.232. The van der Waals surface area contributed by atoms with E-state index < -0.39 is 23.2 Å². The van der Waals surface area contributed by atoms with Crippen molar-refractivity contribution in [3.05, 3.63) is 94.9 Å². The topological polar surface area (TPSA) is 126 Å². The van der Waals surface area contributed by atoms with Crippen molar-refractivity contribution in [1.82, 2.24) is 34.1 Å². The fourth-order valence-corrected chi connectivity index (χ4v) is 4.76. The highest BCUT2D eigenvalue weighted by molar-refractivity contribution is 5.98. The van der Waals surface area contributed by atoms with Crippen molar-refractivity contribution >= 4 is 22.5 Å². The first kappa shape index (κ1) is 26.0. The molecule has 0 amide bonds. The Morgan fingerprint density at radius 3 is 2.51 bits per heavy atom. The van der Waals surface area contributed by atoms with E-state index in [1.165, 1.54) is 36.7 Å². The summed E-state index contributed by atoms with van der Waals surface area (Å²) in [5.41, 5.74) is 8.15. The molecule has 0 aliphatic carbocycles. The SMILES string of the molecule is CC(C)Oc1ccc(-c2nn([C@@H](C)c3nc4ccc(F)cn4c(=O)c3-c3cccc(F)c3)c3ncnc(N)c23)cn1. The van der Waals surface area contributed by atoms with Crippen LogP contribution in [0.15, 0.2) is 72.0 Å². The second-order valence-corrected chi connectivity index (χ2v) is 9.74. The fourth-order valence-electron chi connectivity index (χ4n) is 4.76. The molecule has 6 rings (SSSR count). The minimum atomic E-state index is -0.696. The first-order valence-electron chi connectivity index (χ1n) is 12.8. The Morgan fingerprint density at radius 1 is 0.951 bits per heavy atom. The largest absolute Gasteiger partial charge is 0.475 e. The van der Waals surface area contributed by atoms with Crippen LogP contribution in [-0.2, 0) is 0 Å². The molecule has 12 heteroatoms. The summed E-state index contributed by atoms with van der Waals surface area (Å²) in [6.45, 7) is 5.60. The van der Waals surface area contributed by atoms with Gasteiger partial charge in [0.1, 0.15) is 35.1 Å². The molecule has 5 heterocycles. The lowest BCUT2D eigenvalue weighted by Crippen LogP contribution is -2.23. The van der Waals surface area contributed by atoms with Gasteiger partial charge in [-0.1, -0.05) is 12.1 Å². The van der Waals surface area contributed by atoms with Crippen LogP contribution in [0, 0.1) is 11.6 Å². The number of nitrogens with two attached hydrogens (primary N) is 1. The van der Waals surface area contributed by atoms with E-state index in [-0.39, 0.29) is 23.1 Å². The van der Waals surface area contributed by atoms with E-state index in [0.717, 1.165) is 10.6 Å². The van der Waals surface area contributed by atoms with Gasteiger partial charge in [0.25, 0.3) is 5.56 Å². The average Bonchev–Trinajstić information content (AvgIpc) is 3.34. The Labute approximate surface area is 232 Å². The van der Waals surface area contributed by atoms with Crippen LogP contribution < -0.4 is 16.0 Å². The van der Waals surface area contributed by atoms with Crippen molar-refractivity contribution < 1.29 is 13.5 Å². The van der Waals surface area contributed by atoms with Crippen LogP contribution in [0.25, 0.3) is 39.1 Å². The van der Waals surface area contributed by atoms with Crippen molar-refractivity contribution in [2.45, 2.75) is 32.9 Å². The minimum absolute atomic E-state index is 0.0411. The maximum atomic E-state index is 14.3. The highest BCUT2D eigenvalue weighted by atomic mass is 19.1. The molecule has 0 bridgehead atoms. The van der Waals surface area contributed by atoms with E-state index in [9.17, 15) is 13.6 Å². The molecule has 41 heavy (non-hydrogen) atoms. The van der Waals surface area contributed by atoms with Crippen LogP contribution in [0.1, 0.15) is 32.5 Å². The fraction of sp³-hybridized carbons (Fsp3) is 0.172. The third-order valence-corrected chi connectivity index (χ3v) is 6.57. The summed E-state index contributed by atoms with van der Waals surface area (Å²) >= 11 is 0. The zero-order chi connectivity index (χ0) is 28.8. The second-order valence-electron chi connectivity index (χ2n) is 9.74. The van der Waals surface area contributed by atoms with Gasteiger partial charge < -0.3 is 10.5 Å². The summed E-state index contributed by atoms with van der Waals surface area (Å²) in [5, 5.41) is 5.33. The van der Waals surface area contributed by atoms with Crippen LogP contribution in [0.5, 0.6) is 5.88 Å². The molecular weight excluding hydrogens is 530 g/mol. The number of halogens is 2. The lowest BCUT2D eigenvalue weighted by Gasteiger charge is -2.18. The van der Waals surface area contributed by atoms with E-state index in [2.05, 4.69) is 15.0 Å². The number of fused-ring (bicyclic) bond motifs is 2. The molecule has 0 unspecified atom stereocenters. The Hall–Kier alpha value is -5.26. The van der Waals surface area contributed by atoms with Gasteiger partial charge in [0.15, 0.2) is 5.65 Å². The third-order valence-electron chi connectivity index (χ3n) is 6.57. The zero-order valence-corrected chi connectivity index (χ0v) is 22.3. The van der Waals surface area contributed by atoms with Gasteiger partial charge in [-0.05, 0) is 56.7 Å². The van der Waals surface area contributed by atoms with Gasteiger partial charge >= 0.3 is 0 Å². The zero-order valence-electron chi connectivity index (χ0n) is 22.3. The lowest BCUT2D eigenvalue weighted by atomic mass is 10.0. The standard InChI is InChI=1S/C29H24F2N8O2/c1-15(2)41-22-10-7-18(12-33-22)26-24-27(32)34-14-35-28(24)39(37-26)16(3)25-23(17-5-4-6-19(30)11-17)29(40)38-13-20(31)8-9-21(38)36-25/h4-16H,1-3H3,(H2,32,34,35)/t16-/m0/s1. The van der Waals surface area contributed by atoms with Crippen LogP contribution in [0.2, 0.25) is 0 Å². The third kappa shape index (κ3) is 4.62. The summed E-state index contributed by atoms with van der Waals surface area (Å²) in [6, 6.07) is 11.1. The summed E-state index contributed by atoms with van der Waals surface area (Å²) in [4.78, 5) is 31.4. The van der Waals surface area contributed by atoms with E-state index in [4.69, 9.17) is 20.6 Å². The van der Waals surface area contributed by atoms with E-state index >= 15 is 0 Å². The first-order chi connectivity index (χ1) is 19.7. The van der Waals surface area contributed by atoms with Crippen molar-refractivity contribution in [3.63, 3.8) is 0 Å². The van der Waals surface area contributed by atoms with Gasteiger partial charge in [-0.25, -0.2) is 33.4 Å². The summed E-state index contributed by atoms with van der Waals surface area (Å²) in [7, 11) is 0. The molecule has 0 radical (unpaired) electrons. The highest BCUT2D eigenvalue weighted by Crippen LogP contribution is 2.35. The summed E-state index contributed by atoms with van der Waals surface area (Å²) in [6.07, 6.45) is 3.95. The van der Waals surface area contributed by atoms with Gasteiger partial charge in [0, 0.05) is 24.0 Å². The van der Waals surface area contributed by atoms with Crippen molar-refractivity contribution in [2.75, 3.05) is 5.73 Å². The molecular formula is C29H24F2N8O2. The Balaban J connectivity index is 1.58. The number of anilines is 1. The molecule has 2 N–H and O–H groups in total. The predicted octanol–water partition coefficient (Wildman–Crippen LogP) is 4.82. The van der Waals surface area contributed by atoms with Gasteiger partial charge in [-0.15, -0.1) is 0 Å². The van der Waals surface area contributed by atoms with Crippen molar-refractivity contribution in [3.8, 4) is 28.3 Å². The number of ether oxygens (including phenoxy) is 1. The average molecular weight is 555 g/mol. The van der Waals surface area contributed by atoms with Crippen LogP contribution in [0.4, 0.5) is 14.6 Å². The molecule has 0 aliphatic heterocycles. The molecule has 6 aromatic rings. The predicted molar refractivity (Wildman–Crippen MR) is 149 cm³/mol. The van der Waals surface area contributed by atoms with Gasteiger partial charge in [0.05, 0.1) is 28.8 Å². The Kier molecular flexibility index (Phi) is 6.37.